The second-order valence-corrected chi connectivity index (χ2v) is 7.44. The first-order chi connectivity index (χ1) is 13.7. The van der Waals surface area contributed by atoms with Gasteiger partial charge in [0.15, 0.2) is 5.96 Å². The first-order valence-corrected chi connectivity index (χ1v) is 10.4. The Labute approximate surface area is 190 Å². The monoisotopic (exact) mass is 516 g/mol. The molecule has 7 nitrogen and oxygen atoms in total. The van der Waals surface area contributed by atoms with Crippen LogP contribution in [0.25, 0.3) is 0 Å². The topological polar surface area (TPSA) is 76.0 Å². The lowest BCUT2D eigenvalue weighted by Gasteiger charge is -2.33. The minimum atomic E-state index is -0.0731. The number of ether oxygens (including phenoxy) is 2. The Kier molecular flexibility index (Phi) is 9.96. The Hall–Kier alpha value is -1.58. The molecule has 2 heterocycles. The Morgan fingerprint density at radius 1 is 1.24 bits per heavy atom. The second-order valence-electron chi connectivity index (χ2n) is 7.44. The maximum Gasteiger partial charge on any atom is 0.309 e. The molecule has 162 valence electrons. The molecule has 3 rings (SSSR count). The smallest absolute Gasteiger partial charge is 0.309 e. The molecule has 2 fully saturated rings. The molecular weight excluding hydrogens is 483 g/mol. The summed E-state index contributed by atoms with van der Waals surface area (Å²) in [7, 11) is 1.79. The lowest BCUT2D eigenvalue weighted by molar-refractivity contribution is -0.149. The molecule has 1 aromatic rings. The standard InChI is InChI=1S/C21H32N4O3.HI/c1-3-27-20(26)17-10-12-25(13-11-17)21(22-2)24-15-16-8-9-19(23-14-16)28-18-6-4-5-7-18;/h8-9,14,17-18H,3-7,10-13,15H2,1-2H3,(H,22,24);1H. The lowest BCUT2D eigenvalue weighted by Crippen LogP contribution is -2.46. The van der Waals surface area contributed by atoms with Gasteiger partial charge >= 0.3 is 5.97 Å². The molecule has 0 aromatic carbocycles. The van der Waals surface area contributed by atoms with Gasteiger partial charge in [-0.25, -0.2) is 4.98 Å². The van der Waals surface area contributed by atoms with Crippen molar-refractivity contribution in [3.63, 3.8) is 0 Å². The molecular formula is C21H33IN4O3. The van der Waals surface area contributed by atoms with Crippen molar-refractivity contribution in [1.82, 2.24) is 15.2 Å². The molecule has 29 heavy (non-hydrogen) atoms. The van der Waals surface area contributed by atoms with Crippen LogP contribution in [0, 0.1) is 5.92 Å². The van der Waals surface area contributed by atoms with Crippen molar-refractivity contribution in [3.05, 3.63) is 23.9 Å². The molecule has 0 unspecified atom stereocenters. The van der Waals surface area contributed by atoms with Gasteiger partial charge in [-0.3, -0.25) is 9.79 Å². The second kappa shape index (κ2) is 12.2. The first-order valence-electron chi connectivity index (χ1n) is 10.4. The van der Waals surface area contributed by atoms with Crippen molar-refractivity contribution in [2.45, 2.75) is 58.1 Å². The number of hydrogen-bond donors (Lipinski definition) is 1. The third kappa shape index (κ3) is 7.01. The molecule has 0 radical (unpaired) electrons. The highest BCUT2D eigenvalue weighted by Crippen LogP contribution is 2.23. The number of aromatic nitrogens is 1. The average molecular weight is 516 g/mol. The summed E-state index contributed by atoms with van der Waals surface area (Å²) in [6.45, 7) is 4.55. The lowest BCUT2D eigenvalue weighted by atomic mass is 9.97. The SMILES string of the molecule is CCOC(=O)C1CCN(C(=NC)NCc2ccc(OC3CCCC3)nc2)CC1.I. The number of nitrogens with one attached hydrogen (secondary N) is 1. The summed E-state index contributed by atoms with van der Waals surface area (Å²) < 4.78 is 11.1. The van der Waals surface area contributed by atoms with Gasteiger partial charge in [-0.15, -0.1) is 24.0 Å². The van der Waals surface area contributed by atoms with Crippen LogP contribution in [0.4, 0.5) is 0 Å². The fourth-order valence-electron chi connectivity index (χ4n) is 3.86. The van der Waals surface area contributed by atoms with E-state index in [1.165, 1.54) is 12.8 Å². The normalized spacial score (nSPS) is 18.3. The van der Waals surface area contributed by atoms with Crippen molar-refractivity contribution >= 4 is 35.9 Å². The van der Waals surface area contributed by atoms with Crippen LogP contribution >= 0.6 is 24.0 Å². The number of piperidine rings is 1. The predicted octanol–water partition coefficient (Wildman–Crippen LogP) is 3.37. The molecule has 1 saturated heterocycles. The third-order valence-corrected chi connectivity index (χ3v) is 5.46. The third-order valence-electron chi connectivity index (χ3n) is 5.46. The maximum atomic E-state index is 11.9. The molecule has 1 aromatic heterocycles. The average Bonchev–Trinajstić information content (AvgIpc) is 3.23. The van der Waals surface area contributed by atoms with Gasteiger partial charge in [0.1, 0.15) is 6.10 Å². The summed E-state index contributed by atoms with van der Waals surface area (Å²) in [4.78, 5) is 22.9. The molecule has 0 atom stereocenters. The Bertz CT molecular complexity index is 654. The van der Waals surface area contributed by atoms with Crippen molar-refractivity contribution in [2.24, 2.45) is 10.9 Å². The van der Waals surface area contributed by atoms with E-state index in [2.05, 4.69) is 20.2 Å². The quantitative estimate of drug-likeness (QED) is 0.271. The molecule has 2 aliphatic rings. The first kappa shape index (κ1) is 23.7. The zero-order valence-corrected chi connectivity index (χ0v) is 19.8. The number of carbonyl (C=O) groups excluding carboxylic acids is 1. The summed E-state index contributed by atoms with van der Waals surface area (Å²) in [5, 5.41) is 3.40. The van der Waals surface area contributed by atoms with E-state index in [0.29, 0.717) is 25.1 Å². The minimum Gasteiger partial charge on any atom is -0.474 e. The van der Waals surface area contributed by atoms with Crippen molar-refractivity contribution in [2.75, 3.05) is 26.7 Å². The Morgan fingerprint density at radius 3 is 2.55 bits per heavy atom. The number of nitrogens with zero attached hydrogens (tertiary/aromatic N) is 3. The van der Waals surface area contributed by atoms with Crippen LogP contribution in [0.15, 0.2) is 23.3 Å². The zero-order chi connectivity index (χ0) is 19.8. The fraction of sp³-hybridized carbons (Fsp3) is 0.667. The van der Waals surface area contributed by atoms with Crippen LogP contribution in [0.2, 0.25) is 0 Å². The molecule has 1 N–H and O–H groups in total. The molecule has 1 saturated carbocycles. The summed E-state index contributed by atoms with van der Waals surface area (Å²) in [6, 6.07) is 3.99. The van der Waals surface area contributed by atoms with Gasteiger partial charge in [-0.2, -0.15) is 0 Å². The van der Waals surface area contributed by atoms with Gasteiger partial charge in [0.25, 0.3) is 0 Å². The van der Waals surface area contributed by atoms with Crippen molar-refractivity contribution in [3.8, 4) is 5.88 Å². The number of likely N-dealkylation sites (tertiary alicyclic amines) is 1. The number of guanidine groups is 1. The van der Waals surface area contributed by atoms with E-state index in [-0.39, 0.29) is 35.9 Å². The molecule has 0 spiro atoms. The van der Waals surface area contributed by atoms with E-state index in [4.69, 9.17) is 9.47 Å². The maximum absolute atomic E-state index is 11.9. The molecule has 8 heteroatoms. The van der Waals surface area contributed by atoms with Crippen molar-refractivity contribution < 1.29 is 14.3 Å². The summed E-state index contributed by atoms with van der Waals surface area (Å²) in [5.74, 6) is 1.50. The van der Waals surface area contributed by atoms with Gasteiger partial charge in [-0.05, 0) is 51.0 Å². The number of hydrogen-bond acceptors (Lipinski definition) is 5. The van der Waals surface area contributed by atoms with Gasteiger partial charge in [0.2, 0.25) is 5.88 Å². The van der Waals surface area contributed by atoms with Crippen LogP contribution in [0.5, 0.6) is 5.88 Å². The molecule has 0 bridgehead atoms. The van der Waals surface area contributed by atoms with Gasteiger partial charge in [0, 0.05) is 38.9 Å². The van der Waals surface area contributed by atoms with E-state index in [9.17, 15) is 4.79 Å². The van der Waals surface area contributed by atoms with Crippen LogP contribution in [-0.2, 0) is 16.1 Å². The van der Waals surface area contributed by atoms with Crippen LogP contribution in [0.3, 0.4) is 0 Å². The van der Waals surface area contributed by atoms with Gasteiger partial charge in [-0.1, -0.05) is 6.07 Å². The van der Waals surface area contributed by atoms with Crippen LogP contribution in [-0.4, -0.2) is 54.7 Å². The highest BCUT2D eigenvalue weighted by molar-refractivity contribution is 14.0. The number of rotatable bonds is 6. The van der Waals surface area contributed by atoms with E-state index in [0.717, 1.165) is 50.3 Å². The molecule has 0 amide bonds. The highest BCUT2D eigenvalue weighted by Gasteiger charge is 2.27. The number of pyridine rings is 1. The fourth-order valence-corrected chi connectivity index (χ4v) is 3.86. The van der Waals surface area contributed by atoms with Gasteiger partial charge in [0.05, 0.1) is 12.5 Å². The largest absolute Gasteiger partial charge is 0.474 e. The number of esters is 1. The van der Waals surface area contributed by atoms with E-state index in [1.54, 1.807) is 7.05 Å². The summed E-state index contributed by atoms with van der Waals surface area (Å²) >= 11 is 0. The molecule has 1 aliphatic carbocycles. The minimum absolute atomic E-state index is 0. The van der Waals surface area contributed by atoms with E-state index >= 15 is 0 Å². The van der Waals surface area contributed by atoms with Crippen LogP contribution < -0.4 is 10.1 Å². The zero-order valence-electron chi connectivity index (χ0n) is 17.4. The summed E-state index contributed by atoms with van der Waals surface area (Å²) in [6.07, 6.45) is 8.56. The molecule has 1 aliphatic heterocycles. The van der Waals surface area contributed by atoms with E-state index < -0.39 is 0 Å². The number of halogens is 1. The highest BCUT2D eigenvalue weighted by atomic mass is 127. The Balaban J connectivity index is 0.00000300. The number of aliphatic imine (C=N–C) groups is 1. The number of carbonyl (C=O) groups is 1. The van der Waals surface area contributed by atoms with Crippen molar-refractivity contribution in [1.29, 1.82) is 0 Å². The van der Waals surface area contributed by atoms with Gasteiger partial charge < -0.3 is 19.7 Å². The predicted molar refractivity (Wildman–Crippen MR) is 124 cm³/mol. The Morgan fingerprint density at radius 2 is 1.97 bits per heavy atom. The summed E-state index contributed by atoms with van der Waals surface area (Å²) in [5.41, 5.74) is 1.08. The van der Waals surface area contributed by atoms with Crippen LogP contribution in [0.1, 0.15) is 51.0 Å². The van der Waals surface area contributed by atoms with E-state index in [1.807, 2.05) is 25.3 Å².